The summed E-state index contributed by atoms with van der Waals surface area (Å²) < 4.78 is 2.06. The Labute approximate surface area is 110 Å². The summed E-state index contributed by atoms with van der Waals surface area (Å²) in [6.45, 7) is 1.32. The first kappa shape index (κ1) is 12.4. The normalized spacial score (nSPS) is 10.8. The number of halogens is 2. The van der Waals surface area contributed by atoms with E-state index in [-0.39, 0.29) is 0 Å². The first-order valence-corrected chi connectivity index (χ1v) is 6.10. The van der Waals surface area contributed by atoms with Gasteiger partial charge >= 0.3 is 0 Å². The molecule has 5 heteroatoms. The van der Waals surface area contributed by atoms with E-state index in [0.717, 1.165) is 24.4 Å². The molecule has 0 atom stereocenters. The van der Waals surface area contributed by atoms with E-state index in [1.807, 2.05) is 18.3 Å². The molecule has 0 saturated heterocycles. The summed E-state index contributed by atoms with van der Waals surface area (Å²) in [4.78, 5) is 4.27. The van der Waals surface area contributed by atoms with E-state index in [1.165, 1.54) is 0 Å². The Balaban J connectivity index is 2.19. The van der Waals surface area contributed by atoms with Crippen molar-refractivity contribution in [3.63, 3.8) is 0 Å². The van der Waals surface area contributed by atoms with Crippen molar-refractivity contribution in [2.45, 2.75) is 13.0 Å². The van der Waals surface area contributed by atoms with Crippen LogP contribution in [-0.2, 0) is 13.0 Å². The van der Waals surface area contributed by atoms with Crippen molar-refractivity contribution in [2.24, 2.45) is 5.73 Å². The van der Waals surface area contributed by atoms with Crippen molar-refractivity contribution >= 4 is 23.2 Å². The summed E-state index contributed by atoms with van der Waals surface area (Å²) in [6, 6.07) is 5.63. The highest BCUT2D eigenvalue weighted by Crippen LogP contribution is 2.23. The second-order valence-corrected chi connectivity index (χ2v) is 4.57. The van der Waals surface area contributed by atoms with Crippen LogP contribution in [0.25, 0.3) is 0 Å². The molecule has 2 rings (SSSR count). The quantitative estimate of drug-likeness (QED) is 0.928. The number of benzene rings is 1. The van der Waals surface area contributed by atoms with E-state index in [1.54, 1.807) is 12.3 Å². The van der Waals surface area contributed by atoms with E-state index in [0.29, 0.717) is 16.6 Å². The number of hydrogen-bond donors (Lipinski definition) is 1. The fourth-order valence-electron chi connectivity index (χ4n) is 1.68. The molecular formula is C12H13Cl2N3. The molecule has 0 unspecified atom stereocenters. The van der Waals surface area contributed by atoms with Gasteiger partial charge in [0.25, 0.3) is 0 Å². The Kier molecular flexibility index (Phi) is 4.05. The molecule has 1 aromatic carbocycles. The van der Waals surface area contributed by atoms with E-state index >= 15 is 0 Å². The van der Waals surface area contributed by atoms with Crippen molar-refractivity contribution in [3.05, 3.63) is 52.0 Å². The molecule has 1 aromatic heterocycles. The van der Waals surface area contributed by atoms with Crippen molar-refractivity contribution in [1.82, 2.24) is 9.55 Å². The maximum Gasteiger partial charge on any atom is 0.110 e. The second kappa shape index (κ2) is 5.54. The van der Waals surface area contributed by atoms with Crippen LogP contribution < -0.4 is 5.73 Å². The number of rotatable bonds is 4. The molecule has 0 aliphatic rings. The van der Waals surface area contributed by atoms with Crippen LogP contribution in [0, 0.1) is 0 Å². The van der Waals surface area contributed by atoms with Gasteiger partial charge in [0.05, 0.1) is 10.0 Å². The van der Waals surface area contributed by atoms with Crippen molar-refractivity contribution in [2.75, 3.05) is 6.54 Å². The summed E-state index contributed by atoms with van der Waals surface area (Å²) >= 11 is 11.9. The van der Waals surface area contributed by atoms with Gasteiger partial charge in [-0.05, 0) is 24.2 Å². The lowest BCUT2D eigenvalue weighted by Gasteiger charge is -2.08. The van der Waals surface area contributed by atoms with Crippen molar-refractivity contribution in [1.29, 1.82) is 0 Å². The Hall–Kier alpha value is -1.03. The third-order valence-corrected chi connectivity index (χ3v) is 3.25. The van der Waals surface area contributed by atoms with Gasteiger partial charge in [-0.3, -0.25) is 0 Å². The molecule has 0 aliphatic heterocycles. The maximum absolute atomic E-state index is 5.98. The average Bonchev–Trinajstić information content (AvgIpc) is 2.72. The molecule has 0 amide bonds. The van der Waals surface area contributed by atoms with E-state index in [9.17, 15) is 0 Å². The number of nitrogens with two attached hydrogens (primary N) is 1. The van der Waals surface area contributed by atoms with Gasteiger partial charge in [-0.25, -0.2) is 4.98 Å². The SMILES string of the molecule is NCCc1nccn1Cc1ccc(Cl)c(Cl)c1. The molecular weight excluding hydrogens is 257 g/mol. The van der Waals surface area contributed by atoms with E-state index in [2.05, 4.69) is 9.55 Å². The Morgan fingerprint density at radius 2 is 2.06 bits per heavy atom. The molecule has 0 radical (unpaired) electrons. The summed E-state index contributed by atoms with van der Waals surface area (Å²) in [5.74, 6) is 0.985. The van der Waals surface area contributed by atoms with Gasteiger partial charge in [0.15, 0.2) is 0 Å². The number of hydrogen-bond acceptors (Lipinski definition) is 2. The minimum atomic E-state index is 0.572. The molecule has 0 spiro atoms. The highest BCUT2D eigenvalue weighted by atomic mass is 35.5. The Morgan fingerprint density at radius 1 is 1.24 bits per heavy atom. The van der Waals surface area contributed by atoms with Crippen LogP contribution in [0.15, 0.2) is 30.6 Å². The average molecular weight is 270 g/mol. The zero-order valence-corrected chi connectivity index (χ0v) is 10.7. The first-order valence-electron chi connectivity index (χ1n) is 5.34. The summed E-state index contributed by atoms with van der Waals surface area (Å²) in [7, 11) is 0. The lowest BCUT2D eigenvalue weighted by atomic mass is 10.2. The molecule has 17 heavy (non-hydrogen) atoms. The lowest BCUT2D eigenvalue weighted by Crippen LogP contribution is -2.10. The Bertz CT molecular complexity index is 508. The van der Waals surface area contributed by atoms with Crippen LogP contribution in [0.5, 0.6) is 0 Å². The zero-order chi connectivity index (χ0) is 12.3. The van der Waals surface area contributed by atoms with Gasteiger partial charge in [0.1, 0.15) is 5.82 Å². The minimum absolute atomic E-state index is 0.572. The smallest absolute Gasteiger partial charge is 0.110 e. The molecule has 2 N–H and O–H groups in total. The molecule has 3 nitrogen and oxygen atoms in total. The summed E-state index contributed by atoms with van der Waals surface area (Å²) in [5.41, 5.74) is 6.63. The third kappa shape index (κ3) is 3.00. The lowest BCUT2D eigenvalue weighted by molar-refractivity contribution is 0.716. The van der Waals surface area contributed by atoms with Gasteiger partial charge in [-0.15, -0.1) is 0 Å². The molecule has 1 heterocycles. The van der Waals surface area contributed by atoms with E-state index < -0.39 is 0 Å². The standard InChI is InChI=1S/C12H13Cl2N3/c13-10-2-1-9(7-11(10)14)8-17-6-5-16-12(17)3-4-15/h1-2,5-7H,3-4,8,15H2. The highest BCUT2D eigenvalue weighted by molar-refractivity contribution is 6.42. The third-order valence-electron chi connectivity index (χ3n) is 2.51. The van der Waals surface area contributed by atoms with Crippen LogP contribution in [0.3, 0.4) is 0 Å². The monoisotopic (exact) mass is 269 g/mol. The predicted molar refractivity (Wildman–Crippen MR) is 70.5 cm³/mol. The van der Waals surface area contributed by atoms with Gasteiger partial charge in [0, 0.05) is 25.4 Å². The largest absolute Gasteiger partial charge is 0.330 e. The summed E-state index contributed by atoms with van der Waals surface area (Å²) in [5, 5.41) is 1.15. The number of aromatic nitrogens is 2. The van der Waals surface area contributed by atoms with Crippen molar-refractivity contribution in [3.8, 4) is 0 Å². The maximum atomic E-state index is 5.98. The molecule has 0 fully saturated rings. The predicted octanol–water partition coefficient (Wildman–Crippen LogP) is 2.74. The van der Waals surface area contributed by atoms with Gasteiger partial charge in [-0.1, -0.05) is 29.3 Å². The first-order chi connectivity index (χ1) is 8.20. The minimum Gasteiger partial charge on any atom is -0.330 e. The van der Waals surface area contributed by atoms with Gasteiger partial charge in [-0.2, -0.15) is 0 Å². The molecule has 2 aromatic rings. The fraction of sp³-hybridized carbons (Fsp3) is 0.250. The van der Waals surface area contributed by atoms with Crippen LogP contribution in [-0.4, -0.2) is 16.1 Å². The molecule has 0 aliphatic carbocycles. The molecule has 0 saturated carbocycles. The fourth-order valence-corrected chi connectivity index (χ4v) is 2.00. The molecule has 0 bridgehead atoms. The van der Waals surface area contributed by atoms with Crippen molar-refractivity contribution < 1.29 is 0 Å². The van der Waals surface area contributed by atoms with Crippen LogP contribution >= 0.6 is 23.2 Å². The van der Waals surface area contributed by atoms with Crippen LogP contribution in [0.4, 0.5) is 0 Å². The number of nitrogens with zero attached hydrogens (tertiary/aromatic N) is 2. The molecule has 90 valence electrons. The van der Waals surface area contributed by atoms with Crippen LogP contribution in [0.2, 0.25) is 10.0 Å². The highest BCUT2D eigenvalue weighted by Gasteiger charge is 2.04. The zero-order valence-electron chi connectivity index (χ0n) is 9.24. The van der Waals surface area contributed by atoms with E-state index in [4.69, 9.17) is 28.9 Å². The van der Waals surface area contributed by atoms with Crippen LogP contribution in [0.1, 0.15) is 11.4 Å². The van der Waals surface area contributed by atoms with Gasteiger partial charge in [0.2, 0.25) is 0 Å². The second-order valence-electron chi connectivity index (χ2n) is 3.76. The summed E-state index contributed by atoms with van der Waals surface area (Å²) in [6.07, 6.45) is 4.49. The Morgan fingerprint density at radius 3 is 2.76 bits per heavy atom. The topological polar surface area (TPSA) is 43.8 Å². The van der Waals surface area contributed by atoms with Gasteiger partial charge < -0.3 is 10.3 Å². The number of imidazole rings is 1.